The van der Waals surface area contributed by atoms with Crippen LogP contribution in [0.3, 0.4) is 0 Å². The smallest absolute Gasteiger partial charge is 0.0266 e. The van der Waals surface area contributed by atoms with E-state index in [0.717, 1.165) is 5.70 Å². The van der Waals surface area contributed by atoms with Crippen LogP contribution in [0.5, 0.6) is 0 Å². The Morgan fingerprint density at radius 1 is 1.42 bits per heavy atom. The Morgan fingerprint density at radius 3 is 2.50 bits per heavy atom. The molecule has 0 radical (unpaired) electrons. The van der Waals surface area contributed by atoms with Gasteiger partial charge in [-0.05, 0) is 18.8 Å². The van der Waals surface area contributed by atoms with Crippen LogP contribution in [-0.2, 0) is 0 Å². The predicted molar refractivity (Wildman–Crippen MR) is 52.5 cm³/mol. The Balaban J connectivity index is 2.26. The van der Waals surface area contributed by atoms with Gasteiger partial charge in [0.1, 0.15) is 0 Å². The highest BCUT2D eigenvalue weighted by molar-refractivity contribution is 4.99. The van der Waals surface area contributed by atoms with Crippen molar-refractivity contribution >= 4 is 0 Å². The molecular weight excluding hydrogens is 148 g/mol. The lowest BCUT2D eigenvalue weighted by atomic mass is 10.1. The molecule has 0 atom stereocenters. The third-order valence-electron chi connectivity index (χ3n) is 2.51. The van der Waals surface area contributed by atoms with Gasteiger partial charge in [-0.1, -0.05) is 26.7 Å². The summed E-state index contributed by atoms with van der Waals surface area (Å²) in [6.07, 6.45) is 7.34. The van der Waals surface area contributed by atoms with Crippen LogP contribution in [0.2, 0.25) is 0 Å². The predicted octanol–water partition coefficient (Wildman–Crippen LogP) is 1.97. The van der Waals surface area contributed by atoms with Crippen LogP contribution in [0.1, 0.15) is 39.5 Å². The average molecular weight is 168 g/mol. The van der Waals surface area contributed by atoms with Crippen LogP contribution < -0.4 is 11.1 Å². The first-order chi connectivity index (χ1) is 5.70. The molecule has 1 rings (SSSR count). The third kappa shape index (κ3) is 2.76. The molecule has 0 saturated heterocycles. The van der Waals surface area contributed by atoms with E-state index < -0.39 is 0 Å². The fourth-order valence-electron chi connectivity index (χ4n) is 1.47. The minimum absolute atomic E-state index is 0.457. The molecule has 1 aliphatic rings. The maximum atomic E-state index is 5.79. The summed E-state index contributed by atoms with van der Waals surface area (Å²) < 4.78 is 0. The van der Waals surface area contributed by atoms with E-state index in [1.54, 1.807) is 0 Å². The van der Waals surface area contributed by atoms with Gasteiger partial charge in [0.15, 0.2) is 0 Å². The molecule has 0 heterocycles. The average Bonchev–Trinajstić information content (AvgIpc) is 2.51. The highest BCUT2D eigenvalue weighted by atomic mass is 14.9. The number of allylic oxidation sites excluding steroid dienone is 1. The molecule has 1 aliphatic carbocycles. The molecule has 0 aromatic heterocycles. The second-order valence-electron chi connectivity index (χ2n) is 3.95. The van der Waals surface area contributed by atoms with Crippen molar-refractivity contribution in [2.24, 2.45) is 11.7 Å². The number of nitrogens with two attached hydrogens (primary N) is 1. The minimum Gasteiger partial charge on any atom is -0.401 e. The summed E-state index contributed by atoms with van der Waals surface area (Å²) in [6, 6.07) is 0.683. The Morgan fingerprint density at radius 2 is 2.00 bits per heavy atom. The lowest BCUT2D eigenvalue weighted by Crippen LogP contribution is -2.22. The summed E-state index contributed by atoms with van der Waals surface area (Å²) in [6.45, 7) is 4.23. The molecule has 2 heteroatoms. The molecule has 1 fully saturated rings. The number of hydrogen-bond donors (Lipinski definition) is 2. The van der Waals surface area contributed by atoms with Crippen molar-refractivity contribution in [3.8, 4) is 0 Å². The topological polar surface area (TPSA) is 38.0 Å². The van der Waals surface area contributed by atoms with Crippen LogP contribution in [0.15, 0.2) is 11.9 Å². The minimum atomic E-state index is 0.457. The van der Waals surface area contributed by atoms with Crippen molar-refractivity contribution in [2.75, 3.05) is 0 Å². The molecule has 0 spiro atoms. The Hall–Kier alpha value is -0.660. The monoisotopic (exact) mass is 168 g/mol. The lowest BCUT2D eigenvalue weighted by molar-refractivity contribution is 0.597. The number of rotatable bonds is 3. The maximum Gasteiger partial charge on any atom is 0.0266 e. The molecule has 0 aliphatic heterocycles. The molecular formula is C10H20N2. The molecule has 2 nitrogen and oxygen atoms in total. The van der Waals surface area contributed by atoms with E-state index in [0.29, 0.717) is 12.0 Å². The summed E-state index contributed by atoms with van der Waals surface area (Å²) in [5, 5.41) is 3.38. The molecule has 12 heavy (non-hydrogen) atoms. The van der Waals surface area contributed by atoms with E-state index in [9.17, 15) is 0 Å². The van der Waals surface area contributed by atoms with Gasteiger partial charge in [0.2, 0.25) is 0 Å². The van der Waals surface area contributed by atoms with E-state index in [2.05, 4.69) is 19.2 Å². The van der Waals surface area contributed by atoms with Crippen LogP contribution in [0, 0.1) is 5.92 Å². The molecule has 0 amide bonds. The number of nitrogens with one attached hydrogen (secondary N) is 1. The molecule has 0 bridgehead atoms. The standard InChI is InChI=1S/C10H20N2/c1-8(2)10(11)7-12-9-5-3-4-6-9/h7-9,12H,3-6,11H2,1-2H3/b10-7-. The van der Waals surface area contributed by atoms with Crippen molar-refractivity contribution < 1.29 is 0 Å². The lowest BCUT2D eigenvalue weighted by Gasteiger charge is -2.11. The molecule has 0 aromatic carbocycles. The Labute approximate surface area is 75.2 Å². The van der Waals surface area contributed by atoms with E-state index >= 15 is 0 Å². The normalized spacial score (nSPS) is 20.4. The van der Waals surface area contributed by atoms with Crippen LogP contribution in [0.4, 0.5) is 0 Å². The highest BCUT2D eigenvalue weighted by Crippen LogP contribution is 2.17. The summed E-state index contributed by atoms with van der Waals surface area (Å²) in [7, 11) is 0. The van der Waals surface area contributed by atoms with Crippen molar-refractivity contribution in [3.63, 3.8) is 0 Å². The van der Waals surface area contributed by atoms with Crippen LogP contribution in [0.25, 0.3) is 0 Å². The summed E-state index contributed by atoms with van der Waals surface area (Å²) in [5.74, 6) is 0.457. The Kier molecular flexibility index (Phi) is 3.45. The van der Waals surface area contributed by atoms with Gasteiger partial charge < -0.3 is 11.1 Å². The van der Waals surface area contributed by atoms with Gasteiger partial charge in [0, 0.05) is 17.9 Å². The fraction of sp³-hybridized carbons (Fsp3) is 0.800. The zero-order valence-corrected chi connectivity index (χ0v) is 8.14. The molecule has 70 valence electrons. The van der Waals surface area contributed by atoms with Crippen molar-refractivity contribution in [3.05, 3.63) is 11.9 Å². The van der Waals surface area contributed by atoms with E-state index in [-0.39, 0.29) is 0 Å². The van der Waals surface area contributed by atoms with Gasteiger partial charge in [-0.25, -0.2) is 0 Å². The zero-order chi connectivity index (χ0) is 8.97. The summed E-state index contributed by atoms with van der Waals surface area (Å²) in [5.41, 5.74) is 6.75. The van der Waals surface area contributed by atoms with Gasteiger partial charge >= 0.3 is 0 Å². The number of hydrogen-bond acceptors (Lipinski definition) is 2. The molecule has 3 N–H and O–H groups in total. The Bertz CT molecular complexity index is 155. The van der Waals surface area contributed by atoms with Crippen LogP contribution >= 0.6 is 0 Å². The first-order valence-electron chi connectivity index (χ1n) is 4.91. The fourth-order valence-corrected chi connectivity index (χ4v) is 1.47. The van der Waals surface area contributed by atoms with Crippen LogP contribution in [-0.4, -0.2) is 6.04 Å². The highest BCUT2D eigenvalue weighted by Gasteiger charge is 2.12. The van der Waals surface area contributed by atoms with Gasteiger partial charge in [-0.3, -0.25) is 0 Å². The van der Waals surface area contributed by atoms with Gasteiger partial charge in [-0.2, -0.15) is 0 Å². The van der Waals surface area contributed by atoms with E-state index in [1.165, 1.54) is 25.7 Å². The van der Waals surface area contributed by atoms with Gasteiger partial charge in [0.05, 0.1) is 0 Å². The third-order valence-corrected chi connectivity index (χ3v) is 2.51. The second kappa shape index (κ2) is 4.39. The maximum absolute atomic E-state index is 5.79. The SMILES string of the molecule is CC(C)/C(N)=C/NC1CCCC1. The molecule has 0 unspecified atom stereocenters. The van der Waals surface area contributed by atoms with E-state index in [1.807, 2.05) is 6.20 Å². The molecule has 1 saturated carbocycles. The van der Waals surface area contributed by atoms with Crippen molar-refractivity contribution in [1.29, 1.82) is 0 Å². The van der Waals surface area contributed by atoms with Crippen molar-refractivity contribution in [1.82, 2.24) is 5.32 Å². The van der Waals surface area contributed by atoms with Gasteiger partial charge in [-0.15, -0.1) is 0 Å². The van der Waals surface area contributed by atoms with Gasteiger partial charge in [0.25, 0.3) is 0 Å². The zero-order valence-electron chi connectivity index (χ0n) is 8.14. The first kappa shape index (κ1) is 9.43. The van der Waals surface area contributed by atoms with Crippen molar-refractivity contribution in [2.45, 2.75) is 45.6 Å². The molecule has 0 aromatic rings. The summed E-state index contributed by atoms with van der Waals surface area (Å²) >= 11 is 0. The quantitative estimate of drug-likeness (QED) is 0.676. The summed E-state index contributed by atoms with van der Waals surface area (Å²) in [4.78, 5) is 0. The second-order valence-corrected chi connectivity index (χ2v) is 3.95. The first-order valence-corrected chi connectivity index (χ1v) is 4.91. The van der Waals surface area contributed by atoms with E-state index in [4.69, 9.17) is 5.73 Å². The largest absolute Gasteiger partial charge is 0.401 e.